The summed E-state index contributed by atoms with van der Waals surface area (Å²) in [6.45, 7) is 5.72. The van der Waals surface area contributed by atoms with Gasteiger partial charge in [0, 0.05) is 37.2 Å². The molecule has 29 heavy (non-hydrogen) atoms. The summed E-state index contributed by atoms with van der Waals surface area (Å²) in [6, 6.07) is 9.85. The molecule has 7 nitrogen and oxygen atoms in total. The van der Waals surface area contributed by atoms with Gasteiger partial charge in [0.2, 0.25) is 5.95 Å². The highest BCUT2D eigenvalue weighted by atomic mass is 16.3. The predicted octanol–water partition coefficient (Wildman–Crippen LogP) is 3.53. The molecule has 0 bridgehead atoms. The molecule has 3 N–H and O–H groups in total. The van der Waals surface area contributed by atoms with Crippen molar-refractivity contribution in [1.29, 1.82) is 0 Å². The van der Waals surface area contributed by atoms with Gasteiger partial charge in [-0.15, -0.1) is 0 Å². The zero-order chi connectivity index (χ0) is 20.9. The van der Waals surface area contributed by atoms with Crippen molar-refractivity contribution in [1.82, 2.24) is 15.0 Å². The molecule has 1 aromatic carbocycles. The highest BCUT2D eigenvalue weighted by Crippen LogP contribution is 2.21. The average Bonchev–Trinajstić information content (AvgIpc) is 2.69. The maximum atomic E-state index is 12.7. The van der Waals surface area contributed by atoms with Gasteiger partial charge in [0.15, 0.2) is 5.78 Å². The molecule has 0 radical (unpaired) electrons. The largest absolute Gasteiger partial charge is 0.389 e. The second kappa shape index (κ2) is 8.79. The fraction of sp³-hybridized carbons (Fsp3) is 0.273. The van der Waals surface area contributed by atoms with Crippen LogP contribution in [0.3, 0.4) is 0 Å². The Bertz CT molecular complexity index is 964. The lowest BCUT2D eigenvalue weighted by atomic mass is 10.0. The van der Waals surface area contributed by atoms with Crippen LogP contribution in [0, 0.1) is 6.92 Å². The molecule has 0 aliphatic carbocycles. The van der Waals surface area contributed by atoms with Gasteiger partial charge in [-0.1, -0.05) is 17.7 Å². The highest BCUT2D eigenvalue weighted by Gasteiger charge is 2.14. The zero-order valence-electron chi connectivity index (χ0n) is 16.8. The van der Waals surface area contributed by atoms with Crippen molar-refractivity contribution in [3.63, 3.8) is 0 Å². The van der Waals surface area contributed by atoms with Crippen LogP contribution in [0.1, 0.15) is 35.3 Å². The number of aryl methyl sites for hydroxylation is 1. The van der Waals surface area contributed by atoms with Crippen LogP contribution in [-0.4, -0.2) is 38.0 Å². The molecule has 0 atom stereocenters. The first-order chi connectivity index (χ1) is 13.8. The third-order valence-corrected chi connectivity index (χ3v) is 4.25. The molecule has 2 heterocycles. The molecule has 0 unspecified atom stereocenters. The summed E-state index contributed by atoms with van der Waals surface area (Å²) in [4.78, 5) is 25.2. The number of rotatable bonds is 8. The van der Waals surface area contributed by atoms with Crippen molar-refractivity contribution in [3.8, 4) is 0 Å². The number of aliphatic hydroxyl groups is 1. The molecule has 0 saturated heterocycles. The van der Waals surface area contributed by atoms with Crippen molar-refractivity contribution in [2.24, 2.45) is 0 Å². The lowest BCUT2D eigenvalue weighted by Gasteiger charge is -2.17. The first kappa shape index (κ1) is 20.4. The monoisotopic (exact) mass is 391 g/mol. The molecule has 0 aliphatic heterocycles. The molecule has 0 fully saturated rings. The number of hydrogen-bond acceptors (Lipinski definition) is 7. The maximum absolute atomic E-state index is 12.7. The topological polar surface area (TPSA) is 100 Å². The molecule has 0 saturated carbocycles. The van der Waals surface area contributed by atoms with Crippen LogP contribution in [0.2, 0.25) is 0 Å². The number of nitrogens with one attached hydrogen (secondary N) is 2. The summed E-state index contributed by atoms with van der Waals surface area (Å²) >= 11 is 0. The van der Waals surface area contributed by atoms with Gasteiger partial charge < -0.3 is 15.7 Å². The second-order valence-corrected chi connectivity index (χ2v) is 7.59. The first-order valence-electron chi connectivity index (χ1n) is 9.38. The van der Waals surface area contributed by atoms with E-state index in [0.29, 0.717) is 18.1 Å². The SMILES string of the molecule is Cc1ccc(Nc2cnccc2CC(=O)c2cnc(NCC(C)(C)O)nc2)cc1. The van der Waals surface area contributed by atoms with Crippen LogP contribution in [0.15, 0.2) is 55.1 Å². The summed E-state index contributed by atoms with van der Waals surface area (Å²) in [5.41, 5.74) is 3.29. The minimum absolute atomic E-state index is 0.0859. The van der Waals surface area contributed by atoms with Gasteiger partial charge in [-0.2, -0.15) is 0 Å². The normalized spacial score (nSPS) is 11.2. The number of hydrogen-bond donors (Lipinski definition) is 3. The van der Waals surface area contributed by atoms with E-state index < -0.39 is 5.60 Å². The van der Waals surface area contributed by atoms with Crippen LogP contribution in [0.25, 0.3) is 0 Å². The molecule has 3 aromatic rings. The van der Waals surface area contributed by atoms with Gasteiger partial charge in [-0.05, 0) is 44.5 Å². The molecule has 0 aliphatic rings. The summed E-state index contributed by atoms with van der Waals surface area (Å²) in [6.07, 6.45) is 6.58. The Kier molecular flexibility index (Phi) is 6.19. The van der Waals surface area contributed by atoms with Gasteiger partial charge in [-0.3, -0.25) is 9.78 Å². The van der Waals surface area contributed by atoms with E-state index in [9.17, 15) is 9.90 Å². The van der Waals surface area contributed by atoms with Crippen molar-refractivity contribution in [2.75, 3.05) is 17.2 Å². The van der Waals surface area contributed by atoms with E-state index in [-0.39, 0.29) is 12.2 Å². The fourth-order valence-electron chi connectivity index (χ4n) is 2.62. The number of carbonyl (C=O) groups is 1. The lowest BCUT2D eigenvalue weighted by Crippen LogP contribution is -2.29. The van der Waals surface area contributed by atoms with E-state index in [2.05, 4.69) is 25.6 Å². The third kappa shape index (κ3) is 6.08. The van der Waals surface area contributed by atoms with Crippen molar-refractivity contribution < 1.29 is 9.90 Å². The van der Waals surface area contributed by atoms with Crippen LogP contribution < -0.4 is 10.6 Å². The third-order valence-electron chi connectivity index (χ3n) is 4.25. The molecule has 0 spiro atoms. The van der Waals surface area contributed by atoms with E-state index in [0.717, 1.165) is 16.9 Å². The molecule has 150 valence electrons. The first-order valence-corrected chi connectivity index (χ1v) is 9.38. The number of anilines is 3. The average molecular weight is 391 g/mol. The number of carbonyl (C=O) groups excluding carboxylic acids is 1. The Hall–Kier alpha value is -3.32. The number of aromatic nitrogens is 3. The van der Waals surface area contributed by atoms with Crippen LogP contribution >= 0.6 is 0 Å². The van der Waals surface area contributed by atoms with Crippen LogP contribution in [-0.2, 0) is 6.42 Å². The summed E-state index contributed by atoms with van der Waals surface area (Å²) in [5.74, 6) is 0.284. The molecule has 2 aromatic heterocycles. The minimum atomic E-state index is -0.875. The van der Waals surface area contributed by atoms with Gasteiger partial charge in [0.1, 0.15) is 0 Å². The second-order valence-electron chi connectivity index (χ2n) is 7.59. The van der Waals surface area contributed by atoms with Gasteiger partial charge >= 0.3 is 0 Å². The van der Waals surface area contributed by atoms with Crippen LogP contribution in [0.4, 0.5) is 17.3 Å². The molecule has 7 heteroatoms. The van der Waals surface area contributed by atoms with Gasteiger partial charge in [0.05, 0.1) is 23.0 Å². The summed E-state index contributed by atoms with van der Waals surface area (Å²) in [7, 11) is 0. The van der Waals surface area contributed by atoms with Crippen LogP contribution in [0.5, 0.6) is 0 Å². The smallest absolute Gasteiger partial charge is 0.222 e. The Morgan fingerprint density at radius 3 is 2.41 bits per heavy atom. The summed E-state index contributed by atoms with van der Waals surface area (Å²) in [5, 5.41) is 16.0. The van der Waals surface area contributed by atoms with E-state index >= 15 is 0 Å². The van der Waals surface area contributed by atoms with E-state index in [1.165, 1.54) is 18.0 Å². The number of nitrogens with zero attached hydrogens (tertiary/aromatic N) is 3. The Morgan fingerprint density at radius 1 is 1.07 bits per heavy atom. The predicted molar refractivity (Wildman–Crippen MR) is 114 cm³/mol. The number of pyridine rings is 1. The van der Waals surface area contributed by atoms with Gasteiger partial charge in [-0.25, -0.2) is 9.97 Å². The molecule has 3 rings (SSSR count). The lowest BCUT2D eigenvalue weighted by molar-refractivity contribution is 0.0941. The van der Waals surface area contributed by atoms with Crippen molar-refractivity contribution >= 4 is 23.1 Å². The molecule has 0 amide bonds. The van der Waals surface area contributed by atoms with Crippen molar-refractivity contribution in [3.05, 3.63) is 71.8 Å². The Labute approximate surface area is 170 Å². The Balaban J connectivity index is 1.68. The fourth-order valence-corrected chi connectivity index (χ4v) is 2.62. The quantitative estimate of drug-likeness (QED) is 0.505. The highest BCUT2D eigenvalue weighted by molar-refractivity contribution is 5.97. The van der Waals surface area contributed by atoms with Gasteiger partial charge in [0.25, 0.3) is 0 Å². The Morgan fingerprint density at radius 2 is 1.76 bits per heavy atom. The zero-order valence-corrected chi connectivity index (χ0v) is 16.8. The van der Waals surface area contributed by atoms with Crippen molar-refractivity contribution in [2.45, 2.75) is 32.8 Å². The number of ketones is 1. The maximum Gasteiger partial charge on any atom is 0.222 e. The van der Waals surface area contributed by atoms with E-state index in [1.807, 2.05) is 37.3 Å². The molecular formula is C22H25N5O2. The standard InChI is InChI=1S/C22H25N5O2/c1-15-4-6-18(7-5-15)27-19-13-23-9-8-16(19)10-20(28)17-11-24-21(25-12-17)26-14-22(2,3)29/h4-9,11-13,27,29H,10,14H2,1-3H3,(H,24,25,26). The van der Waals surface area contributed by atoms with E-state index in [4.69, 9.17) is 0 Å². The molecular weight excluding hydrogens is 366 g/mol. The van der Waals surface area contributed by atoms with E-state index in [1.54, 1.807) is 26.2 Å². The minimum Gasteiger partial charge on any atom is -0.389 e. The number of Topliss-reactive ketones (excluding diaryl/α,β-unsaturated/α-hetero) is 1. The summed E-state index contributed by atoms with van der Waals surface area (Å²) < 4.78 is 0. The number of benzene rings is 1.